The zero-order valence-electron chi connectivity index (χ0n) is 12.2. The maximum Gasteiger partial charge on any atom is 0.226 e. The summed E-state index contributed by atoms with van der Waals surface area (Å²) in [6.07, 6.45) is 2.15. The highest BCUT2D eigenvalue weighted by Crippen LogP contribution is 2.17. The van der Waals surface area contributed by atoms with Gasteiger partial charge in [0, 0.05) is 25.0 Å². The number of hydrogen-bond donors (Lipinski definition) is 1. The molecule has 6 nitrogen and oxygen atoms in total. The SMILES string of the molecule is Cc1cc(Cl)cnc1NC(=O)CCc1nnc(C(C)C)o1. The van der Waals surface area contributed by atoms with Gasteiger partial charge in [0.1, 0.15) is 5.82 Å². The fourth-order valence-corrected chi connectivity index (χ4v) is 1.90. The predicted molar refractivity (Wildman–Crippen MR) is 79.3 cm³/mol. The van der Waals surface area contributed by atoms with Crippen LogP contribution in [0.25, 0.3) is 0 Å². The number of hydrogen-bond acceptors (Lipinski definition) is 5. The van der Waals surface area contributed by atoms with E-state index in [1.54, 1.807) is 6.07 Å². The molecule has 0 saturated heterocycles. The molecule has 0 aliphatic rings. The number of carbonyl (C=O) groups excluding carboxylic acids is 1. The van der Waals surface area contributed by atoms with Gasteiger partial charge in [0.25, 0.3) is 0 Å². The van der Waals surface area contributed by atoms with Crippen LogP contribution >= 0.6 is 11.6 Å². The Kier molecular flexibility index (Phi) is 4.90. The molecule has 2 rings (SSSR count). The van der Waals surface area contributed by atoms with E-state index in [0.717, 1.165) is 5.56 Å². The maximum atomic E-state index is 11.9. The third-order valence-corrected chi connectivity index (χ3v) is 3.05. The van der Waals surface area contributed by atoms with Crippen molar-refractivity contribution in [1.29, 1.82) is 0 Å². The van der Waals surface area contributed by atoms with E-state index < -0.39 is 0 Å². The Morgan fingerprint density at radius 3 is 2.81 bits per heavy atom. The molecule has 112 valence electrons. The average Bonchev–Trinajstić information content (AvgIpc) is 2.89. The van der Waals surface area contributed by atoms with Gasteiger partial charge in [0.15, 0.2) is 0 Å². The summed E-state index contributed by atoms with van der Waals surface area (Å²) >= 11 is 5.82. The molecule has 0 spiro atoms. The Bertz CT molecular complexity index is 640. The quantitative estimate of drug-likeness (QED) is 0.917. The van der Waals surface area contributed by atoms with Gasteiger partial charge in [-0.1, -0.05) is 25.4 Å². The van der Waals surface area contributed by atoms with Crippen LogP contribution in [-0.4, -0.2) is 21.1 Å². The monoisotopic (exact) mass is 308 g/mol. The fourth-order valence-electron chi connectivity index (χ4n) is 1.69. The molecular formula is C14H17ClN4O2. The molecule has 0 radical (unpaired) electrons. The number of aryl methyl sites for hydroxylation is 2. The lowest BCUT2D eigenvalue weighted by molar-refractivity contribution is -0.116. The Balaban J connectivity index is 1.89. The number of nitrogens with one attached hydrogen (secondary N) is 1. The van der Waals surface area contributed by atoms with Crippen molar-refractivity contribution in [2.24, 2.45) is 0 Å². The molecule has 2 heterocycles. The van der Waals surface area contributed by atoms with E-state index in [2.05, 4.69) is 20.5 Å². The lowest BCUT2D eigenvalue weighted by Gasteiger charge is -2.06. The molecular weight excluding hydrogens is 292 g/mol. The zero-order valence-corrected chi connectivity index (χ0v) is 12.9. The molecule has 7 heteroatoms. The average molecular weight is 309 g/mol. The summed E-state index contributed by atoms with van der Waals surface area (Å²) in [5.74, 6) is 1.59. The second kappa shape index (κ2) is 6.67. The van der Waals surface area contributed by atoms with E-state index in [9.17, 15) is 4.79 Å². The molecule has 1 amide bonds. The number of pyridine rings is 1. The van der Waals surface area contributed by atoms with Gasteiger partial charge < -0.3 is 9.73 Å². The van der Waals surface area contributed by atoms with E-state index in [1.165, 1.54) is 6.20 Å². The van der Waals surface area contributed by atoms with Crippen LogP contribution in [0.4, 0.5) is 5.82 Å². The van der Waals surface area contributed by atoms with Crippen LogP contribution in [0, 0.1) is 6.92 Å². The summed E-state index contributed by atoms with van der Waals surface area (Å²) in [6.45, 7) is 5.78. The highest BCUT2D eigenvalue weighted by molar-refractivity contribution is 6.30. The minimum Gasteiger partial charge on any atom is -0.425 e. The summed E-state index contributed by atoms with van der Waals surface area (Å²) < 4.78 is 5.45. The fraction of sp³-hybridized carbons (Fsp3) is 0.429. The van der Waals surface area contributed by atoms with Crippen molar-refractivity contribution < 1.29 is 9.21 Å². The molecule has 1 N–H and O–H groups in total. The summed E-state index contributed by atoms with van der Waals surface area (Å²) in [5.41, 5.74) is 0.815. The van der Waals surface area contributed by atoms with Crippen LogP contribution in [0.15, 0.2) is 16.7 Å². The Morgan fingerprint density at radius 2 is 2.19 bits per heavy atom. The minimum atomic E-state index is -0.155. The van der Waals surface area contributed by atoms with Crippen molar-refractivity contribution in [3.05, 3.63) is 34.6 Å². The second-order valence-electron chi connectivity index (χ2n) is 5.06. The minimum absolute atomic E-state index is 0.155. The van der Waals surface area contributed by atoms with Gasteiger partial charge in [-0.15, -0.1) is 10.2 Å². The summed E-state index contributed by atoms with van der Waals surface area (Å²) in [4.78, 5) is 16.0. The smallest absolute Gasteiger partial charge is 0.226 e. The number of anilines is 1. The molecule has 2 aromatic rings. The molecule has 0 fully saturated rings. The van der Waals surface area contributed by atoms with E-state index in [-0.39, 0.29) is 18.2 Å². The molecule has 0 atom stereocenters. The largest absolute Gasteiger partial charge is 0.425 e. The number of halogens is 1. The number of rotatable bonds is 5. The highest BCUT2D eigenvalue weighted by atomic mass is 35.5. The second-order valence-corrected chi connectivity index (χ2v) is 5.49. The van der Waals surface area contributed by atoms with Crippen molar-refractivity contribution in [3.63, 3.8) is 0 Å². The third kappa shape index (κ3) is 4.26. The van der Waals surface area contributed by atoms with Gasteiger partial charge in [0.2, 0.25) is 17.7 Å². The first-order valence-corrected chi connectivity index (χ1v) is 7.07. The topological polar surface area (TPSA) is 80.9 Å². The maximum absolute atomic E-state index is 11.9. The highest BCUT2D eigenvalue weighted by Gasteiger charge is 2.12. The van der Waals surface area contributed by atoms with E-state index in [4.69, 9.17) is 16.0 Å². The van der Waals surface area contributed by atoms with E-state index >= 15 is 0 Å². The van der Waals surface area contributed by atoms with Crippen molar-refractivity contribution in [1.82, 2.24) is 15.2 Å². The van der Waals surface area contributed by atoms with Crippen LogP contribution in [-0.2, 0) is 11.2 Å². The lowest BCUT2D eigenvalue weighted by Crippen LogP contribution is -2.14. The van der Waals surface area contributed by atoms with Crippen LogP contribution < -0.4 is 5.32 Å². The normalized spacial score (nSPS) is 10.9. The first-order valence-electron chi connectivity index (χ1n) is 6.70. The molecule has 0 saturated carbocycles. The van der Waals surface area contributed by atoms with E-state index in [0.29, 0.717) is 29.0 Å². The van der Waals surface area contributed by atoms with E-state index in [1.807, 2.05) is 20.8 Å². The van der Waals surface area contributed by atoms with Crippen LogP contribution in [0.5, 0.6) is 0 Å². The summed E-state index contributed by atoms with van der Waals surface area (Å²) in [6, 6.07) is 1.75. The molecule has 0 aromatic carbocycles. The molecule has 0 unspecified atom stereocenters. The van der Waals surface area contributed by atoms with Crippen LogP contribution in [0.2, 0.25) is 5.02 Å². The summed E-state index contributed by atoms with van der Waals surface area (Å²) in [5, 5.41) is 11.1. The van der Waals surface area contributed by atoms with Crippen LogP contribution in [0.1, 0.15) is 43.5 Å². The Morgan fingerprint density at radius 1 is 1.43 bits per heavy atom. The lowest BCUT2D eigenvalue weighted by atomic mass is 10.2. The molecule has 21 heavy (non-hydrogen) atoms. The molecule has 0 aliphatic carbocycles. The van der Waals surface area contributed by atoms with Crippen molar-refractivity contribution in [2.75, 3.05) is 5.32 Å². The number of amides is 1. The van der Waals surface area contributed by atoms with Gasteiger partial charge >= 0.3 is 0 Å². The zero-order chi connectivity index (χ0) is 15.4. The molecule has 0 bridgehead atoms. The standard InChI is InChI=1S/C14H17ClN4O2/c1-8(2)14-19-18-12(21-14)5-4-11(20)17-13-9(3)6-10(15)7-16-13/h6-8H,4-5H2,1-3H3,(H,16,17,20). The Labute approximate surface area is 127 Å². The number of aromatic nitrogens is 3. The number of carbonyl (C=O) groups is 1. The first-order chi connectivity index (χ1) is 9.95. The van der Waals surface area contributed by atoms with Gasteiger partial charge in [0.05, 0.1) is 5.02 Å². The van der Waals surface area contributed by atoms with Gasteiger partial charge in [-0.05, 0) is 18.6 Å². The van der Waals surface area contributed by atoms with Crippen molar-refractivity contribution in [2.45, 2.75) is 39.5 Å². The molecule has 2 aromatic heterocycles. The summed E-state index contributed by atoms with van der Waals surface area (Å²) in [7, 11) is 0. The number of nitrogens with zero attached hydrogens (tertiary/aromatic N) is 3. The van der Waals surface area contributed by atoms with Crippen molar-refractivity contribution in [3.8, 4) is 0 Å². The van der Waals surface area contributed by atoms with Gasteiger partial charge in [-0.25, -0.2) is 4.98 Å². The third-order valence-electron chi connectivity index (χ3n) is 2.85. The van der Waals surface area contributed by atoms with Gasteiger partial charge in [-0.3, -0.25) is 4.79 Å². The van der Waals surface area contributed by atoms with Gasteiger partial charge in [-0.2, -0.15) is 0 Å². The van der Waals surface area contributed by atoms with Crippen molar-refractivity contribution >= 4 is 23.3 Å². The first kappa shape index (κ1) is 15.4. The molecule has 0 aliphatic heterocycles. The predicted octanol–water partition coefficient (Wildman–Crippen LogP) is 3.12. The van der Waals surface area contributed by atoms with Crippen LogP contribution in [0.3, 0.4) is 0 Å². The Hall–Kier alpha value is -1.95.